The van der Waals surface area contributed by atoms with Gasteiger partial charge in [0, 0.05) is 89.0 Å². The first-order valence-corrected chi connectivity index (χ1v) is 15.1. The molecule has 3 aromatic rings. The normalized spacial score (nSPS) is 14.7. The van der Waals surface area contributed by atoms with Crippen LogP contribution in [0, 0.1) is 0 Å². The molecule has 0 bridgehead atoms. The van der Waals surface area contributed by atoms with E-state index in [1.54, 1.807) is 0 Å². The summed E-state index contributed by atoms with van der Waals surface area (Å²) >= 11 is 0. The van der Waals surface area contributed by atoms with Crippen LogP contribution in [-0.4, -0.2) is 93.6 Å². The SMILES string of the molecule is CC(=O)NCCCCC(C(=O)O)N1CCN(Cc2cccc(Cc3cc(-c4cnc(NCCCN)nc4)ccn3)c2)CC1. The quantitative estimate of drug-likeness (QED) is 0.184. The van der Waals surface area contributed by atoms with Crippen molar-refractivity contribution >= 4 is 17.8 Å². The van der Waals surface area contributed by atoms with Gasteiger partial charge in [-0.25, -0.2) is 9.97 Å². The van der Waals surface area contributed by atoms with E-state index in [4.69, 9.17) is 5.73 Å². The number of anilines is 1. The van der Waals surface area contributed by atoms with Gasteiger partial charge in [0.15, 0.2) is 0 Å². The summed E-state index contributed by atoms with van der Waals surface area (Å²) in [6.45, 7) is 7.40. The van der Waals surface area contributed by atoms with Crippen molar-refractivity contribution in [3.63, 3.8) is 0 Å². The highest BCUT2D eigenvalue weighted by molar-refractivity contribution is 5.73. The number of nitrogens with zero attached hydrogens (tertiary/aromatic N) is 5. The molecular weight excluding hydrogens is 544 g/mol. The van der Waals surface area contributed by atoms with Crippen molar-refractivity contribution in [2.75, 3.05) is 51.1 Å². The highest BCUT2D eigenvalue weighted by Gasteiger charge is 2.28. The second-order valence-electron chi connectivity index (χ2n) is 11.0. The number of nitrogens with two attached hydrogens (primary N) is 1. The molecule has 0 spiro atoms. The standard InChI is InChI=1S/C32H44N8O3/c1-24(41)34-11-3-2-8-30(31(42)43)40-16-14-39(15-17-40)23-26-7-4-6-25(18-26)19-29-20-27(9-13-35-29)28-21-37-32(38-22-28)36-12-5-10-33/h4,6-7,9,13,18,20-22,30H,2-3,5,8,10-12,14-17,19,23,33H2,1H3,(H,34,41)(H,42,43)(H,36,37,38). The van der Waals surface area contributed by atoms with Crippen LogP contribution in [0.2, 0.25) is 0 Å². The molecule has 0 radical (unpaired) electrons. The minimum absolute atomic E-state index is 0.0531. The molecule has 1 aliphatic heterocycles. The topological polar surface area (TPSA) is 150 Å². The minimum Gasteiger partial charge on any atom is -0.480 e. The number of rotatable bonds is 16. The predicted octanol–water partition coefficient (Wildman–Crippen LogP) is 2.77. The maximum atomic E-state index is 11.9. The van der Waals surface area contributed by atoms with E-state index in [1.165, 1.54) is 18.1 Å². The van der Waals surface area contributed by atoms with Crippen molar-refractivity contribution in [1.29, 1.82) is 0 Å². The molecule has 1 unspecified atom stereocenters. The van der Waals surface area contributed by atoms with Crippen LogP contribution in [-0.2, 0) is 22.6 Å². The molecule has 11 heteroatoms. The Labute approximate surface area is 253 Å². The van der Waals surface area contributed by atoms with Gasteiger partial charge >= 0.3 is 5.97 Å². The van der Waals surface area contributed by atoms with Crippen LogP contribution in [0.1, 0.15) is 49.4 Å². The van der Waals surface area contributed by atoms with Crippen molar-refractivity contribution in [3.8, 4) is 11.1 Å². The van der Waals surface area contributed by atoms with E-state index in [0.29, 0.717) is 25.5 Å². The van der Waals surface area contributed by atoms with Crippen LogP contribution < -0.4 is 16.4 Å². The fraction of sp³-hybridized carbons (Fsp3) is 0.469. The number of carbonyl (C=O) groups is 2. The maximum absolute atomic E-state index is 11.9. The number of hydrogen-bond donors (Lipinski definition) is 4. The summed E-state index contributed by atoms with van der Waals surface area (Å²) in [6, 6.07) is 12.2. The molecule has 3 heterocycles. The van der Waals surface area contributed by atoms with E-state index < -0.39 is 12.0 Å². The molecule has 1 saturated heterocycles. The third kappa shape index (κ3) is 10.4. The number of carbonyl (C=O) groups excluding carboxylic acids is 1. The lowest BCUT2D eigenvalue weighted by Crippen LogP contribution is -2.52. The van der Waals surface area contributed by atoms with Crippen molar-refractivity contribution in [3.05, 3.63) is 71.8 Å². The smallest absolute Gasteiger partial charge is 0.320 e. The van der Waals surface area contributed by atoms with Crippen molar-refractivity contribution < 1.29 is 14.7 Å². The number of carboxylic acids is 1. The number of hydrogen-bond acceptors (Lipinski definition) is 9. The Kier molecular flexibility index (Phi) is 12.4. The molecule has 2 aromatic heterocycles. The number of aromatic nitrogens is 3. The minimum atomic E-state index is -0.766. The zero-order valence-electron chi connectivity index (χ0n) is 25.0. The highest BCUT2D eigenvalue weighted by atomic mass is 16.4. The number of piperazine rings is 1. The van der Waals surface area contributed by atoms with Gasteiger partial charge in [0.1, 0.15) is 6.04 Å². The third-order valence-corrected chi connectivity index (χ3v) is 7.66. The first-order valence-electron chi connectivity index (χ1n) is 15.1. The van der Waals surface area contributed by atoms with E-state index in [0.717, 1.165) is 81.8 Å². The van der Waals surface area contributed by atoms with Gasteiger partial charge in [-0.05, 0) is 61.1 Å². The summed E-state index contributed by atoms with van der Waals surface area (Å²) in [7, 11) is 0. The van der Waals surface area contributed by atoms with E-state index in [9.17, 15) is 14.7 Å². The Morgan fingerprint density at radius 2 is 1.72 bits per heavy atom. The lowest BCUT2D eigenvalue weighted by molar-refractivity contribution is -0.144. The fourth-order valence-electron chi connectivity index (χ4n) is 5.35. The number of aliphatic carboxylic acids is 1. The summed E-state index contributed by atoms with van der Waals surface area (Å²) in [6.07, 6.45) is 9.22. The summed E-state index contributed by atoms with van der Waals surface area (Å²) < 4.78 is 0. The van der Waals surface area contributed by atoms with Crippen LogP contribution in [0.4, 0.5) is 5.95 Å². The van der Waals surface area contributed by atoms with E-state index >= 15 is 0 Å². The molecule has 5 N–H and O–H groups in total. The van der Waals surface area contributed by atoms with Gasteiger partial charge < -0.3 is 21.5 Å². The summed E-state index contributed by atoms with van der Waals surface area (Å²) in [4.78, 5) is 40.9. The van der Waals surface area contributed by atoms with Crippen LogP contribution in [0.3, 0.4) is 0 Å². The van der Waals surface area contributed by atoms with Crippen molar-refractivity contribution in [2.45, 2.75) is 51.6 Å². The molecule has 1 atom stereocenters. The van der Waals surface area contributed by atoms with Gasteiger partial charge in [-0.2, -0.15) is 0 Å². The fourth-order valence-corrected chi connectivity index (χ4v) is 5.35. The largest absolute Gasteiger partial charge is 0.480 e. The molecule has 43 heavy (non-hydrogen) atoms. The van der Waals surface area contributed by atoms with E-state index in [2.05, 4.69) is 65.7 Å². The molecule has 1 amide bonds. The second kappa shape index (κ2) is 16.6. The van der Waals surface area contributed by atoms with Crippen molar-refractivity contribution in [2.24, 2.45) is 5.73 Å². The second-order valence-corrected chi connectivity index (χ2v) is 11.0. The maximum Gasteiger partial charge on any atom is 0.320 e. The number of unbranched alkanes of at least 4 members (excludes halogenated alkanes) is 1. The summed E-state index contributed by atoms with van der Waals surface area (Å²) in [5.41, 5.74) is 10.9. The number of benzene rings is 1. The van der Waals surface area contributed by atoms with Crippen molar-refractivity contribution in [1.82, 2.24) is 30.1 Å². The molecule has 4 rings (SSSR count). The predicted molar refractivity (Wildman–Crippen MR) is 167 cm³/mol. The van der Waals surface area contributed by atoms with Gasteiger partial charge in [-0.1, -0.05) is 24.3 Å². The third-order valence-electron chi connectivity index (χ3n) is 7.66. The molecule has 1 aromatic carbocycles. The van der Waals surface area contributed by atoms with Gasteiger partial charge in [0.05, 0.1) is 0 Å². The van der Waals surface area contributed by atoms with Gasteiger partial charge in [0.2, 0.25) is 11.9 Å². The molecular formula is C32H44N8O3. The summed E-state index contributed by atoms with van der Waals surface area (Å²) in [5.74, 6) is -0.220. The molecule has 0 aliphatic carbocycles. The number of nitrogens with one attached hydrogen (secondary N) is 2. The highest BCUT2D eigenvalue weighted by Crippen LogP contribution is 2.21. The average molecular weight is 589 g/mol. The first-order chi connectivity index (χ1) is 20.9. The van der Waals surface area contributed by atoms with Gasteiger partial charge in [-0.3, -0.25) is 24.4 Å². The van der Waals surface area contributed by atoms with Crippen LogP contribution in [0.5, 0.6) is 0 Å². The average Bonchev–Trinajstić information content (AvgIpc) is 3.00. The molecule has 230 valence electrons. The number of carboxylic acid groups (broad SMARTS) is 1. The van der Waals surface area contributed by atoms with Crippen LogP contribution in [0.25, 0.3) is 11.1 Å². The van der Waals surface area contributed by atoms with Gasteiger partial charge in [0.25, 0.3) is 0 Å². The Balaban J connectivity index is 1.27. The molecule has 1 fully saturated rings. The van der Waals surface area contributed by atoms with E-state index in [1.807, 2.05) is 24.7 Å². The zero-order valence-corrected chi connectivity index (χ0v) is 25.0. The first kappa shape index (κ1) is 32.0. The van der Waals surface area contributed by atoms with Crippen LogP contribution >= 0.6 is 0 Å². The van der Waals surface area contributed by atoms with Gasteiger partial charge in [-0.15, -0.1) is 0 Å². The Hall–Kier alpha value is -3.93. The molecule has 0 saturated carbocycles. The van der Waals surface area contributed by atoms with Crippen LogP contribution in [0.15, 0.2) is 55.0 Å². The monoisotopic (exact) mass is 588 g/mol. The lowest BCUT2D eigenvalue weighted by atomic mass is 10.0. The number of pyridine rings is 1. The summed E-state index contributed by atoms with van der Waals surface area (Å²) in [5, 5.41) is 15.8. The Bertz CT molecular complexity index is 1310. The molecule has 11 nitrogen and oxygen atoms in total. The zero-order chi connectivity index (χ0) is 30.4. The molecule has 1 aliphatic rings. The number of amides is 1. The lowest BCUT2D eigenvalue weighted by Gasteiger charge is -2.37. The van der Waals surface area contributed by atoms with E-state index in [-0.39, 0.29) is 5.91 Å². The Morgan fingerprint density at radius 1 is 0.953 bits per heavy atom. The Morgan fingerprint density at radius 3 is 2.44 bits per heavy atom.